The Kier molecular flexibility index (Phi) is 5.46. The summed E-state index contributed by atoms with van der Waals surface area (Å²) in [5, 5.41) is 21.3. The van der Waals surface area contributed by atoms with E-state index >= 15 is 0 Å². The topological polar surface area (TPSA) is 78.3 Å². The Morgan fingerprint density at radius 2 is 2.11 bits per heavy atom. The van der Waals surface area contributed by atoms with Crippen molar-refractivity contribution >= 4 is 17.4 Å². The average Bonchev–Trinajstić information content (AvgIpc) is 2.31. The van der Waals surface area contributed by atoms with Crippen molar-refractivity contribution in [3.63, 3.8) is 0 Å². The lowest BCUT2D eigenvalue weighted by molar-refractivity contribution is 0.0735. The minimum Gasteiger partial charge on any atom is -0.394 e. The summed E-state index contributed by atoms with van der Waals surface area (Å²) < 4.78 is 13.6. The van der Waals surface area contributed by atoms with Crippen LogP contribution in [-0.4, -0.2) is 38.9 Å². The third kappa shape index (κ3) is 4.89. The van der Waals surface area contributed by atoms with Gasteiger partial charge in [0.1, 0.15) is 0 Å². The lowest BCUT2D eigenvalue weighted by Gasteiger charge is -2.33. The minimum atomic E-state index is -0.878. The maximum absolute atomic E-state index is 13.6. The third-order valence-corrected chi connectivity index (χ3v) is 2.97. The number of anilines is 1. The van der Waals surface area contributed by atoms with Gasteiger partial charge in [0.05, 0.1) is 18.9 Å². The zero-order chi connectivity index (χ0) is 14.6. The van der Waals surface area contributed by atoms with Gasteiger partial charge in [-0.15, -0.1) is 0 Å². The van der Waals surface area contributed by atoms with Gasteiger partial charge < -0.3 is 15.5 Å². The highest BCUT2D eigenvalue weighted by atomic mass is 35.5. The van der Waals surface area contributed by atoms with Crippen molar-refractivity contribution in [2.75, 3.05) is 11.9 Å². The highest BCUT2D eigenvalue weighted by Gasteiger charge is 2.28. The number of aliphatic hydroxyl groups excluding tert-OH is 2. The van der Waals surface area contributed by atoms with Gasteiger partial charge in [0.15, 0.2) is 11.6 Å². The van der Waals surface area contributed by atoms with Gasteiger partial charge in [-0.05, 0) is 23.4 Å². The number of nitrogens with one attached hydrogen (secondary N) is 1. The van der Waals surface area contributed by atoms with Crippen LogP contribution in [-0.2, 0) is 0 Å². The molecule has 1 aromatic heterocycles. The Labute approximate surface area is 116 Å². The van der Waals surface area contributed by atoms with Crippen molar-refractivity contribution in [1.82, 2.24) is 9.97 Å². The first-order valence-corrected chi connectivity index (χ1v) is 6.35. The van der Waals surface area contributed by atoms with Crippen molar-refractivity contribution in [3.05, 3.63) is 17.3 Å². The summed E-state index contributed by atoms with van der Waals surface area (Å²) in [6.45, 7) is 5.47. The number of aromatic nitrogens is 2. The SMILES string of the molecule is CC(C)(C)[C@@H](CC(O)CO)Nc1nc(Cl)ncc1F. The summed E-state index contributed by atoms with van der Waals surface area (Å²) in [7, 11) is 0. The maximum atomic E-state index is 13.6. The van der Waals surface area contributed by atoms with E-state index in [0.717, 1.165) is 6.20 Å². The molecule has 0 saturated carbocycles. The molecule has 1 aromatic rings. The first-order valence-electron chi connectivity index (χ1n) is 5.97. The Morgan fingerprint density at radius 1 is 1.47 bits per heavy atom. The molecule has 0 saturated heterocycles. The lowest BCUT2D eigenvalue weighted by atomic mass is 9.83. The fraction of sp³-hybridized carbons (Fsp3) is 0.667. The van der Waals surface area contributed by atoms with E-state index in [4.69, 9.17) is 16.7 Å². The molecule has 0 radical (unpaired) electrons. The molecule has 5 nitrogen and oxygen atoms in total. The van der Waals surface area contributed by atoms with Crippen LogP contribution >= 0.6 is 11.6 Å². The van der Waals surface area contributed by atoms with Gasteiger partial charge in [-0.3, -0.25) is 0 Å². The van der Waals surface area contributed by atoms with Gasteiger partial charge in [-0.1, -0.05) is 20.8 Å². The molecule has 0 aliphatic carbocycles. The Bertz CT molecular complexity index is 426. The van der Waals surface area contributed by atoms with E-state index in [1.165, 1.54) is 0 Å². The standard InChI is InChI=1S/C12H19ClFN3O2/c1-12(2,3)9(4-7(19)6-18)16-10-8(14)5-15-11(13)17-10/h5,7,9,18-19H,4,6H2,1-3H3,(H,15,16,17)/t7?,9-/m1/s1. The second-order valence-corrected chi connectivity index (χ2v) is 5.81. The second kappa shape index (κ2) is 6.45. The van der Waals surface area contributed by atoms with Crippen LogP contribution in [0.25, 0.3) is 0 Å². The predicted octanol–water partition coefficient (Wildman–Crippen LogP) is 1.84. The molecular weight excluding hydrogens is 273 g/mol. The molecule has 0 fully saturated rings. The molecule has 0 spiro atoms. The molecule has 7 heteroatoms. The van der Waals surface area contributed by atoms with E-state index in [9.17, 15) is 9.50 Å². The fourth-order valence-electron chi connectivity index (χ4n) is 1.59. The van der Waals surface area contributed by atoms with Gasteiger partial charge in [0, 0.05) is 6.04 Å². The quantitative estimate of drug-likeness (QED) is 0.722. The zero-order valence-corrected chi connectivity index (χ0v) is 11.9. The van der Waals surface area contributed by atoms with E-state index in [1.807, 2.05) is 20.8 Å². The molecule has 3 N–H and O–H groups in total. The summed E-state index contributed by atoms with van der Waals surface area (Å²) >= 11 is 5.63. The predicted molar refractivity (Wildman–Crippen MR) is 71.6 cm³/mol. The largest absolute Gasteiger partial charge is 0.394 e. The van der Waals surface area contributed by atoms with E-state index in [2.05, 4.69) is 15.3 Å². The third-order valence-electron chi connectivity index (χ3n) is 2.79. The minimum absolute atomic E-state index is 0.00920. The average molecular weight is 292 g/mol. The molecule has 0 aliphatic rings. The number of hydrogen-bond acceptors (Lipinski definition) is 5. The normalized spacial score (nSPS) is 15.1. The van der Waals surface area contributed by atoms with E-state index < -0.39 is 11.9 Å². The van der Waals surface area contributed by atoms with Crippen LogP contribution in [0.3, 0.4) is 0 Å². The number of aliphatic hydroxyl groups is 2. The monoisotopic (exact) mass is 291 g/mol. The molecule has 0 bridgehead atoms. The molecule has 19 heavy (non-hydrogen) atoms. The molecule has 108 valence electrons. The van der Waals surface area contributed by atoms with E-state index in [0.29, 0.717) is 0 Å². The van der Waals surface area contributed by atoms with Crippen molar-refractivity contribution < 1.29 is 14.6 Å². The van der Waals surface area contributed by atoms with Crippen LogP contribution in [0.1, 0.15) is 27.2 Å². The van der Waals surface area contributed by atoms with Crippen molar-refractivity contribution in [1.29, 1.82) is 0 Å². The Balaban J connectivity index is 2.91. The summed E-state index contributed by atoms with van der Waals surface area (Å²) in [6, 6.07) is -0.282. The van der Waals surface area contributed by atoms with Crippen LogP contribution in [0.5, 0.6) is 0 Å². The van der Waals surface area contributed by atoms with Crippen LogP contribution in [0.4, 0.5) is 10.2 Å². The van der Waals surface area contributed by atoms with E-state index in [1.54, 1.807) is 0 Å². The molecule has 0 aromatic carbocycles. The Hall–Kier alpha value is -0.980. The Morgan fingerprint density at radius 3 is 2.63 bits per heavy atom. The van der Waals surface area contributed by atoms with Crippen LogP contribution < -0.4 is 5.32 Å². The fourth-order valence-corrected chi connectivity index (χ4v) is 1.72. The molecular formula is C12H19ClFN3O2. The summed E-state index contributed by atoms with van der Waals surface area (Å²) in [6.07, 6.45) is 0.373. The van der Waals surface area contributed by atoms with Crippen molar-refractivity contribution in [2.45, 2.75) is 39.3 Å². The zero-order valence-electron chi connectivity index (χ0n) is 11.2. The lowest BCUT2D eigenvalue weighted by Crippen LogP contribution is -2.38. The van der Waals surface area contributed by atoms with Gasteiger partial charge in [-0.25, -0.2) is 9.37 Å². The molecule has 1 heterocycles. The molecule has 0 amide bonds. The van der Waals surface area contributed by atoms with Crippen molar-refractivity contribution in [2.24, 2.45) is 5.41 Å². The van der Waals surface area contributed by atoms with Gasteiger partial charge in [0.25, 0.3) is 0 Å². The van der Waals surface area contributed by atoms with Gasteiger partial charge in [-0.2, -0.15) is 4.98 Å². The first-order chi connectivity index (χ1) is 8.74. The number of hydrogen-bond donors (Lipinski definition) is 3. The number of halogens is 2. The smallest absolute Gasteiger partial charge is 0.224 e. The summed E-state index contributed by atoms with van der Waals surface area (Å²) in [4.78, 5) is 7.32. The number of rotatable bonds is 5. The molecule has 2 atom stereocenters. The summed E-state index contributed by atoms with van der Waals surface area (Å²) in [5.41, 5.74) is -0.264. The highest BCUT2D eigenvalue weighted by molar-refractivity contribution is 6.28. The first kappa shape index (κ1) is 16.1. The highest BCUT2D eigenvalue weighted by Crippen LogP contribution is 2.27. The van der Waals surface area contributed by atoms with Gasteiger partial charge >= 0.3 is 0 Å². The van der Waals surface area contributed by atoms with Crippen molar-refractivity contribution in [3.8, 4) is 0 Å². The molecule has 1 rings (SSSR count). The second-order valence-electron chi connectivity index (χ2n) is 5.47. The summed E-state index contributed by atoms with van der Waals surface area (Å²) in [5.74, 6) is -0.623. The van der Waals surface area contributed by atoms with E-state index in [-0.39, 0.29) is 35.6 Å². The van der Waals surface area contributed by atoms with Crippen LogP contribution in [0, 0.1) is 11.2 Å². The number of nitrogens with zero attached hydrogens (tertiary/aromatic N) is 2. The van der Waals surface area contributed by atoms with Crippen LogP contribution in [0.2, 0.25) is 5.28 Å². The molecule has 1 unspecified atom stereocenters. The van der Waals surface area contributed by atoms with Crippen LogP contribution in [0.15, 0.2) is 6.20 Å². The van der Waals surface area contributed by atoms with Gasteiger partial charge in [0.2, 0.25) is 5.28 Å². The molecule has 0 aliphatic heterocycles. The maximum Gasteiger partial charge on any atom is 0.224 e.